The first-order valence-corrected chi connectivity index (χ1v) is 8.06. The summed E-state index contributed by atoms with van der Waals surface area (Å²) in [6, 6.07) is 7.10. The van der Waals surface area contributed by atoms with Crippen LogP contribution in [0.5, 0.6) is 0 Å². The van der Waals surface area contributed by atoms with Crippen molar-refractivity contribution in [2.24, 2.45) is 0 Å². The third-order valence-corrected chi connectivity index (χ3v) is 4.23. The molecule has 3 rings (SSSR count). The Balaban J connectivity index is 0.000000203. The molecule has 1 fully saturated rings. The molecule has 0 saturated carbocycles. The number of nitrogen functional groups attached to an aromatic ring is 1. The Labute approximate surface area is 137 Å². The van der Waals surface area contributed by atoms with Crippen LogP contribution < -0.4 is 5.73 Å². The van der Waals surface area contributed by atoms with Gasteiger partial charge in [0.05, 0.1) is 5.69 Å². The van der Waals surface area contributed by atoms with E-state index in [1.54, 1.807) is 24.5 Å². The van der Waals surface area contributed by atoms with Crippen molar-refractivity contribution in [3.05, 3.63) is 53.7 Å². The van der Waals surface area contributed by atoms with Crippen molar-refractivity contribution in [1.29, 1.82) is 0 Å². The highest BCUT2D eigenvalue weighted by atomic mass is 19.1. The third-order valence-electron chi connectivity index (χ3n) is 4.23. The highest BCUT2D eigenvalue weighted by Crippen LogP contribution is 2.13. The summed E-state index contributed by atoms with van der Waals surface area (Å²) < 4.78 is 12.7. The van der Waals surface area contributed by atoms with E-state index in [9.17, 15) is 4.39 Å². The van der Waals surface area contributed by atoms with Gasteiger partial charge >= 0.3 is 0 Å². The average Bonchev–Trinajstić information content (AvgIpc) is 2.55. The standard InChI is InChI=1S/C11H10FN3.C7H15N/c12-9-3-1-8(2-4-9)7-10-11(13)15-6-5-14-10;1-7-5-3-4-6-8(7)2/h1-6H,7H2,(H2,13,15);7H,3-6H2,1-2H3. The van der Waals surface area contributed by atoms with Gasteiger partial charge in [0.15, 0.2) is 0 Å². The summed E-state index contributed by atoms with van der Waals surface area (Å²) in [6.07, 6.45) is 7.95. The van der Waals surface area contributed by atoms with E-state index in [-0.39, 0.29) is 5.82 Å². The van der Waals surface area contributed by atoms with Crippen molar-refractivity contribution in [1.82, 2.24) is 14.9 Å². The molecule has 124 valence electrons. The van der Waals surface area contributed by atoms with E-state index in [1.807, 2.05) is 0 Å². The second-order valence-corrected chi connectivity index (χ2v) is 6.02. The van der Waals surface area contributed by atoms with Crippen LogP contribution in [0.3, 0.4) is 0 Å². The maximum atomic E-state index is 12.7. The van der Waals surface area contributed by atoms with E-state index in [1.165, 1.54) is 37.9 Å². The molecule has 2 N–H and O–H groups in total. The van der Waals surface area contributed by atoms with Gasteiger partial charge in [-0.1, -0.05) is 18.6 Å². The van der Waals surface area contributed by atoms with Crippen molar-refractivity contribution in [3.8, 4) is 0 Å². The fourth-order valence-corrected chi connectivity index (χ4v) is 2.55. The van der Waals surface area contributed by atoms with Gasteiger partial charge < -0.3 is 10.6 Å². The molecular weight excluding hydrogens is 291 g/mol. The van der Waals surface area contributed by atoms with Crippen LogP contribution in [0.15, 0.2) is 36.7 Å². The summed E-state index contributed by atoms with van der Waals surface area (Å²) in [5, 5.41) is 0. The van der Waals surface area contributed by atoms with Gasteiger partial charge in [-0.2, -0.15) is 0 Å². The molecule has 1 aliphatic heterocycles. The number of halogens is 1. The number of nitrogens with two attached hydrogens (primary N) is 1. The van der Waals surface area contributed by atoms with Crippen LogP contribution in [0, 0.1) is 5.82 Å². The van der Waals surface area contributed by atoms with Crippen LogP contribution in [0.2, 0.25) is 0 Å². The largest absolute Gasteiger partial charge is 0.382 e. The fourth-order valence-electron chi connectivity index (χ4n) is 2.55. The smallest absolute Gasteiger partial charge is 0.145 e. The Kier molecular flexibility index (Phi) is 6.47. The van der Waals surface area contributed by atoms with Gasteiger partial charge in [-0.05, 0) is 51.1 Å². The summed E-state index contributed by atoms with van der Waals surface area (Å²) in [5.41, 5.74) is 7.32. The molecule has 0 aliphatic carbocycles. The number of hydrogen-bond donors (Lipinski definition) is 1. The normalized spacial score (nSPS) is 18.1. The molecule has 1 atom stereocenters. The molecule has 0 amide bonds. The van der Waals surface area contributed by atoms with Crippen LogP contribution >= 0.6 is 0 Å². The predicted octanol–water partition coefficient (Wildman–Crippen LogP) is 3.28. The highest BCUT2D eigenvalue weighted by Gasteiger charge is 2.12. The zero-order valence-corrected chi connectivity index (χ0v) is 13.9. The first kappa shape index (κ1) is 17.3. The summed E-state index contributed by atoms with van der Waals surface area (Å²) in [6.45, 7) is 3.61. The zero-order valence-electron chi connectivity index (χ0n) is 13.9. The molecule has 4 nitrogen and oxygen atoms in total. The van der Waals surface area contributed by atoms with Crippen LogP contribution in [-0.4, -0.2) is 34.5 Å². The summed E-state index contributed by atoms with van der Waals surface area (Å²) in [5.74, 6) is 0.174. The fraction of sp³-hybridized carbons (Fsp3) is 0.444. The molecule has 2 heterocycles. The Bertz CT molecular complexity index is 590. The molecule has 1 aliphatic rings. The zero-order chi connectivity index (χ0) is 16.7. The second kappa shape index (κ2) is 8.58. The van der Waals surface area contributed by atoms with Gasteiger partial charge in [-0.3, -0.25) is 4.98 Å². The van der Waals surface area contributed by atoms with Gasteiger partial charge in [0.1, 0.15) is 11.6 Å². The van der Waals surface area contributed by atoms with Crippen molar-refractivity contribution in [2.45, 2.75) is 38.6 Å². The van der Waals surface area contributed by atoms with E-state index in [0.717, 1.165) is 11.6 Å². The maximum Gasteiger partial charge on any atom is 0.145 e. The molecule has 1 unspecified atom stereocenters. The van der Waals surface area contributed by atoms with Crippen LogP contribution in [0.1, 0.15) is 37.4 Å². The predicted molar refractivity (Wildman–Crippen MR) is 91.6 cm³/mol. The molecule has 2 aromatic rings. The summed E-state index contributed by atoms with van der Waals surface area (Å²) >= 11 is 0. The maximum absolute atomic E-state index is 12.7. The van der Waals surface area contributed by atoms with Crippen LogP contribution in [0.25, 0.3) is 0 Å². The Morgan fingerprint density at radius 1 is 1.17 bits per heavy atom. The van der Waals surface area contributed by atoms with E-state index in [2.05, 4.69) is 28.8 Å². The van der Waals surface area contributed by atoms with E-state index < -0.39 is 0 Å². The number of aromatic nitrogens is 2. The van der Waals surface area contributed by atoms with Crippen molar-refractivity contribution in [2.75, 3.05) is 19.3 Å². The minimum absolute atomic E-state index is 0.245. The average molecular weight is 316 g/mol. The van der Waals surface area contributed by atoms with Gasteiger partial charge in [-0.25, -0.2) is 9.37 Å². The number of rotatable bonds is 2. The van der Waals surface area contributed by atoms with Crippen LogP contribution in [-0.2, 0) is 6.42 Å². The lowest BCUT2D eigenvalue weighted by atomic mass is 10.1. The Morgan fingerprint density at radius 3 is 2.43 bits per heavy atom. The highest BCUT2D eigenvalue weighted by molar-refractivity contribution is 5.36. The minimum Gasteiger partial charge on any atom is -0.382 e. The third kappa shape index (κ3) is 5.60. The Morgan fingerprint density at radius 2 is 1.87 bits per heavy atom. The van der Waals surface area contributed by atoms with Crippen molar-refractivity contribution in [3.63, 3.8) is 0 Å². The lowest BCUT2D eigenvalue weighted by Gasteiger charge is -2.29. The number of piperidine rings is 1. The van der Waals surface area contributed by atoms with Crippen molar-refractivity contribution < 1.29 is 4.39 Å². The molecule has 5 heteroatoms. The quantitative estimate of drug-likeness (QED) is 0.924. The molecule has 0 bridgehead atoms. The molecule has 23 heavy (non-hydrogen) atoms. The number of nitrogens with zero attached hydrogens (tertiary/aromatic N) is 3. The van der Waals surface area contributed by atoms with Gasteiger partial charge in [0.25, 0.3) is 0 Å². The van der Waals surface area contributed by atoms with E-state index in [4.69, 9.17) is 5.73 Å². The lowest BCUT2D eigenvalue weighted by molar-refractivity contribution is 0.200. The number of benzene rings is 1. The lowest BCUT2D eigenvalue weighted by Crippen LogP contribution is -2.33. The van der Waals surface area contributed by atoms with Gasteiger partial charge in [-0.15, -0.1) is 0 Å². The first-order chi connectivity index (χ1) is 11.1. The number of hydrogen-bond acceptors (Lipinski definition) is 4. The molecule has 1 aromatic heterocycles. The number of likely N-dealkylation sites (tertiary alicyclic amines) is 1. The van der Waals surface area contributed by atoms with E-state index >= 15 is 0 Å². The SMILES string of the molecule is CC1CCCCN1C.Nc1nccnc1Cc1ccc(F)cc1. The summed E-state index contributed by atoms with van der Waals surface area (Å²) in [4.78, 5) is 10.5. The van der Waals surface area contributed by atoms with Crippen LogP contribution in [0.4, 0.5) is 10.2 Å². The summed E-state index contributed by atoms with van der Waals surface area (Å²) in [7, 11) is 2.21. The molecule has 0 radical (unpaired) electrons. The van der Waals surface area contributed by atoms with Gasteiger partial charge in [0.2, 0.25) is 0 Å². The molecule has 1 saturated heterocycles. The molecular formula is C18H25FN4. The number of anilines is 1. The second-order valence-electron chi connectivity index (χ2n) is 6.02. The minimum atomic E-state index is -0.245. The first-order valence-electron chi connectivity index (χ1n) is 8.06. The van der Waals surface area contributed by atoms with Gasteiger partial charge in [0, 0.05) is 24.9 Å². The van der Waals surface area contributed by atoms with E-state index in [0.29, 0.717) is 17.9 Å². The molecule has 1 aromatic carbocycles. The Hall–Kier alpha value is -2.01. The monoisotopic (exact) mass is 316 g/mol. The van der Waals surface area contributed by atoms with Crippen molar-refractivity contribution >= 4 is 5.82 Å². The molecule has 0 spiro atoms. The topological polar surface area (TPSA) is 55.0 Å².